The average Bonchev–Trinajstić information content (AvgIpc) is 2.97. The van der Waals surface area contributed by atoms with E-state index in [1.165, 1.54) is 12.8 Å². The summed E-state index contributed by atoms with van der Waals surface area (Å²) in [7, 11) is 1.99. The summed E-state index contributed by atoms with van der Waals surface area (Å²) in [6.45, 7) is 2.99. The highest BCUT2D eigenvalue weighted by molar-refractivity contribution is 5.78. The fourth-order valence-corrected chi connectivity index (χ4v) is 3.70. The summed E-state index contributed by atoms with van der Waals surface area (Å²) >= 11 is 0. The maximum absolute atomic E-state index is 6.25. The minimum Gasteiger partial charge on any atom is -0.376 e. The monoisotopic (exact) mass is 289 g/mol. The zero-order valence-corrected chi connectivity index (χ0v) is 12.7. The van der Waals surface area contributed by atoms with Gasteiger partial charge in [-0.15, -0.1) is 0 Å². The van der Waals surface area contributed by atoms with E-state index in [4.69, 9.17) is 10.5 Å². The highest BCUT2D eigenvalue weighted by Gasteiger charge is 2.43. The van der Waals surface area contributed by atoms with E-state index < -0.39 is 0 Å². The van der Waals surface area contributed by atoms with Gasteiger partial charge in [-0.2, -0.15) is 5.10 Å². The maximum atomic E-state index is 6.25. The highest BCUT2D eigenvalue weighted by Crippen LogP contribution is 2.45. The molecule has 1 saturated carbocycles. The molecule has 114 valence electrons. The number of fused-ring (bicyclic) bond motifs is 1. The first kappa shape index (κ1) is 13.1. The Bertz CT molecular complexity index is 669. The smallest absolute Gasteiger partial charge is 0.202 e. The summed E-state index contributed by atoms with van der Waals surface area (Å²) in [5, 5.41) is 4.64. The molecule has 2 aromatic heterocycles. The van der Waals surface area contributed by atoms with Crippen LogP contribution in [0.2, 0.25) is 0 Å². The topological polar surface area (TPSA) is 70.9 Å². The number of imidazole rings is 1. The van der Waals surface area contributed by atoms with Gasteiger partial charge in [-0.3, -0.25) is 9.25 Å². The van der Waals surface area contributed by atoms with Gasteiger partial charge in [-0.05, 0) is 31.6 Å². The largest absolute Gasteiger partial charge is 0.376 e. The van der Waals surface area contributed by atoms with Crippen molar-refractivity contribution in [3.8, 4) is 0 Å². The molecule has 2 aliphatic rings. The molecule has 2 aromatic rings. The van der Waals surface area contributed by atoms with Crippen molar-refractivity contribution < 1.29 is 4.74 Å². The van der Waals surface area contributed by atoms with Crippen LogP contribution < -0.4 is 5.73 Å². The Morgan fingerprint density at radius 3 is 2.86 bits per heavy atom. The minimum atomic E-state index is 0.300. The fourth-order valence-electron chi connectivity index (χ4n) is 3.70. The maximum Gasteiger partial charge on any atom is 0.202 e. The third kappa shape index (κ3) is 1.96. The zero-order valence-electron chi connectivity index (χ0n) is 12.7. The van der Waals surface area contributed by atoms with Crippen molar-refractivity contribution in [2.45, 2.75) is 51.2 Å². The van der Waals surface area contributed by atoms with Crippen LogP contribution in [0.3, 0.4) is 0 Å². The van der Waals surface area contributed by atoms with Crippen LogP contribution in [0.1, 0.15) is 44.3 Å². The normalized spacial score (nSPS) is 26.0. The van der Waals surface area contributed by atoms with E-state index in [0.29, 0.717) is 24.0 Å². The number of nitrogen functional groups attached to an aromatic ring is 1. The summed E-state index contributed by atoms with van der Waals surface area (Å²) < 4.78 is 10.1. The molecule has 3 heterocycles. The summed E-state index contributed by atoms with van der Waals surface area (Å²) in [6, 6.07) is 0.312. The minimum absolute atomic E-state index is 0.300. The second-order valence-corrected chi connectivity index (χ2v) is 6.36. The van der Waals surface area contributed by atoms with Crippen LogP contribution in [0.15, 0.2) is 0 Å². The first-order chi connectivity index (χ1) is 10.2. The van der Waals surface area contributed by atoms with Gasteiger partial charge in [-0.25, -0.2) is 4.98 Å². The number of ether oxygens (including phenoxy) is 1. The molecule has 0 radical (unpaired) electrons. The highest BCUT2D eigenvalue weighted by atomic mass is 16.5. The van der Waals surface area contributed by atoms with E-state index in [1.807, 2.05) is 11.7 Å². The molecule has 2 fully saturated rings. The number of anilines is 1. The van der Waals surface area contributed by atoms with E-state index in [0.717, 1.165) is 42.7 Å². The summed E-state index contributed by atoms with van der Waals surface area (Å²) in [5.41, 5.74) is 9.33. The molecule has 2 unspecified atom stereocenters. The summed E-state index contributed by atoms with van der Waals surface area (Å²) in [6.07, 6.45) is 5.90. The molecule has 1 aliphatic carbocycles. The number of aromatic nitrogens is 4. The van der Waals surface area contributed by atoms with E-state index >= 15 is 0 Å². The number of hydrogen-bond donors (Lipinski definition) is 1. The molecular formula is C15H23N5O. The number of aryl methyl sites for hydroxylation is 2. The molecule has 1 aliphatic heterocycles. The first-order valence-corrected chi connectivity index (χ1v) is 8.01. The van der Waals surface area contributed by atoms with Crippen LogP contribution in [0.25, 0.3) is 11.2 Å². The Kier molecular flexibility index (Phi) is 2.96. The van der Waals surface area contributed by atoms with Crippen LogP contribution in [0.4, 0.5) is 5.95 Å². The van der Waals surface area contributed by atoms with Gasteiger partial charge in [0.2, 0.25) is 5.95 Å². The molecule has 4 rings (SSSR count). The van der Waals surface area contributed by atoms with Crippen LogP contribution >= 0.6 is 0 Å². The molecule has 2 atom stereocenters. The predicted molar refractivity (Wildman–Crippen MR) is 81.0 cm³/mol. The lowest BCUT2D eigenvalue weighted by molar-refractivity contribution is 0.0760. The second kappa shape index (κ2) is 4.73. The van der Waals surface area contributed by atoms with Crippen molar-refractivity contribution in [1.82, 2.24) is 19.3 Å². The predicted octanol–water partition coefficient (Wildman–Crippen LogP) is 2.04. The molecule has 6 nitrogen and oxygen atoms in total. The standard InChI is InChI=1S/C15H23N5O/c1-3-4-10-12-14(19(2)18-10)20(15(16)17-12)11-7-8-21-13(11)9-5-6-9/h9,11,13H,3-8H2,1-2H3,(H2,16,17). The fraction of sp³-hybridized carbons (Fsp3) is 0.733. The third-order valence-electron chi connectivity index (χ3n) is 4.77. The van der Waals surface area contributed by atoms with Crippen LogP contribution in [-0.2, 0) is 18.2 Å². The lowest BCUT2D eigenvalue weighted by Gasteiger charge is -2.21. The Balaban J connectivity index is 1.82. The van der Waals surface area contributed by atoms with Gasteiger partial charge in [0.05, 0.1) is 17.8 Å². The van der Waals surface area contributed by atoms with Crippen LogP contribution in [-0.4, -0.2) is 32.0 Å². The van der Waals surface area contributed by atoms with Gasteiger partial charge in [0.1, 0.15) is 5.52 Å². The molecule has 21 heavy (non-hydrogen) atoms. The second-order valence-electron chi connectivity index (χ2n) is 6.36. The molecule has 6 heteroatoms. The van der Waals surface area contributed by atoms with Gasteiger partial charge in [0.25, 0.3) is 0 Å². The van der Waals surface area contributed by atoms with Gasteiger partial charge in [0, 0.05) is 13.7 Å². The van der Waals surface area contributed by atoms with E-state index in [2.05, 4.69) is 21.6 Å². The first-order valence-electron chi connectivity index (χ1n) is 8.01. The molecule has 0 spiro atoms. The quantitative estimate of drug-likeness (QED) is 0.935. The number of nitrogens with zero attached hydrogens (tertiary/aromatic N) is 4. The Morgan fingerprint density at radius 1 is 1.33 bits per heavy atom. The van der Waals surface area contributed by atoms with Gasteiger partial charge < -0.3 is 10.5 Å². The SMILES string of the molecule is CCCc1nn(C)c2c1nc(N)n2C1CCOC1C1CC1. The Morgan fingerprint density at radius 2 is 2.14 bits per heavy atom. The summed E-state index contributed by atoms with van der Waals surface area (Å²) in [5.74, 6) is 1.31. The molecule has 0 bridgehead atoms. The number of hydrogen-bond acceptors (Lipinski definition) is 4. The van der Waals surface area contributed by atoms with Crippen molar-refractivity contribution in [2.24, 2.45) is 13.0 Å². The van der Waals surface area contributed by atoms with Gasteiger partial charge in [0.15, 0.2) is 5.65 Å². The van der Waals surface area contributed by atoms with Crippen molar-refractivity contribution in [2.75, 3.05) is 12.3 Å². The summed E-state index contributed by atoms with van der Waals surface area (Å²) in [4.78, 5) is 4.61. The average molecular weight is 289 g/mol. The molecule has 1 saturated heterocycles. The number of rotatable bonds is 4. The van der Waals surface area contributed by atoms with Gasteiger partial charge in [-0.1, -0.05) is 13.3 Å². The van der Waals surface area contributed by atoms with E-state index in [-0.39, 0.29) is 0 Å². The van der Waals surface area contributed by atoms with Crippen LogP contribution in [0, 0.1) is 5.92 Å². The Labute approximate surface area is 124 Å². The number of nitrogens with two attached hydrogens (primary N) is 1. The van der Waals surface area contributed by atoms with E-state index in [1.54, 1.807) is 0 Å². The third-order valence-corrected chi connectivity index (χ3v) is 4.77. The van der Waals surface area contributed by atoms with Crippen molar-refractivity contribution in [3.05, 3.63) is 5.69 Å². The Hall–Kier alpha value is -1.56. The van der Waals surface area contributed by atoms with Crippen molar-refractivity contribution >= 4 is 17.1 Å². The van der Waals surface area contributed by atoms with Crippen molar-refractivity contribution in [3.63, 3.8) is 0 Å². The lowest BCUT2D eigenvalue weighted by atomic mass is 10.1. The van der Waals surface area contributed by atoms with E-state index in [9.17, 15) is 0 Å². The van der Waals surface area contributed by atoms with Gasteiger partial charge >= 0.3 is 0 Å². The molecule has 0 amide bonds. The molecule has 0 aromatic carbocycles. The van der Waals surface area contributed by atoms with Crippen molar-refractivity contribution in [1.29, 1.82) is 0 Å². The molecule has 2 N–H and O–H groups in total. The molecular weight excluding hydrogens is 266 g/mol. The van der Waals surface area contributed by atoms with Crippen LogP contribution in [0.5, 0.6) is 0 Å². The zero-order chi connectivity index (χ0) is 14.6. The lowest BCUT2D eigenvalue weighted by Crippen LogP contribution is -2.24.